The van der Waals surface area contributed by atoms with Crippen LogP contribution >= 0.6 is 11.6 Å². The number of carbonyl (C=O) groups excluding carboxylic acids is 2. The van der Waals surface area contributed by atoms with Crippen LogP contribution < -0.4 is 5.32 Å². The quantitative estimate of drug-likeness (QED) is 0.907. The summed E-state index contributed by atoms with van der Waals surface area (Å²) in [5, 5.41) is 12.0. The van der Waals surface area contributed by atoms with Crippen LogP contribution in [-0.2, 0) is 4.79 Å². The van der Waals surface area contributed by atoms with Gasteiger partial charge in [-0.3, -0.25) is 9.59 Å². The number of nitriles is 1. The second-order valence-electron chi connectivity index (χ2n) is 5.03. The van der Waals surface area contributed by atoms with E-state index in [4.69, 9.17) is 16.9 Å². The summed E-state index contributed by atoms with van der Waals surface area (Å²) in [5.41, 5.74) is 0.608. The molecule has 0 aliphatic carbocycles. The van der Waals surface area contributed by atoms with Crippen LogP contribution in [0.1, 0.15) is 35.2 Å². The number of halogens is 1. The van der Waals surface area contributed by atoms with Gasteiger partial charge in [0.2, 0.25) is 5.91 Å². The van der Waals surface area contributed by atoms with E-state index in [1.54, 1.807) is 13.1 Å². The standard InChI is InChI=1S/C15H16ClN3O2/c1-19(13-4-2-3-7-18-14(13)20)15(21)11-8-10(9-17)5-6-12(11)16/h5-6,8,13H,2-4,7H2,1H3,(H,18,20). The molecule has 1 fully saturated rings. The van der Waals surface area contributed by atoms with E-state index in [0.29, 0.717) is 18.5 Å². The molecule has 2 amide bonds. The number of amides is 2. The lowest BCUT2D eigenvalue weighted by Gasteiger charge is -2.26. The van der Waals surface area contributed by atoms with Crippen molar-refractivity contribution in [2.45, 2.75) is 25.3 Å². The molecule has 1 N–H and O–H groups in total. The maximum atomic E-state index is 12.5. The van der Waals surface area contributed by atoms with Crippen molar-refractivity contribution in [3.63, 3.8) is 0 Å². The predicted octanol–water partition coefficient (Wildman–Crippen LogP) is 1.95. The number of rotatable bonds is 2. The van der Waals surface area contributed by atoms with E-state index in [-0.39, 0.29) is 22.4 Å². The van der Waals surface area contributed by atoms with E-state index in [2.05, 4.69) is 5.32 Å². The van der Waals surface area contributed by atoms with Gasteiger partial charge in [-0.05, 0) is 37.5 Å². The van der Waals surface area contributed by atoms with Crippen LogP contribution in [0.3, 0.4) is 0 Å². The van der Waals surface area contributed by atoms with Crippen molar-refractivity contribution in [2.24, 2.45) is 0 Å². The molecule has 0 spiro atoms. The van der Waals surface area contributed by atoms with Gasteiger partial charge >= 0.3 is 0 Å². The van der Waals surface area contributed by atoms with Gasteiger partial charge in [0.25, 0.3) is 5.91 Å². The molecular weight excluding hydrogens is 290 g/mol. The Hall–Kier alpha value is -2.06. The van der Waals surface area contributed by atoms with Crippen molar-refractivity contribution in [1.29, 1.82) is 5.26 Å². The Balaban J connectivity index is 2.26. The van der Waals surface area contributed by atoms with Crippen LogP contribution in [0.4, 0.5) is 0 Å². The Labute approximate surface area is 128 Å². The third kappa shape index (κ3) is 3.34. The van der Waals surface area contributed by atoms with E-state index in [9.17, 15) is 9.59 Å². The van der Waals surface area contributed by atoms with Crippen molar-refractivity contribution in [3.05, 3.63) is 34.3 Å². The van der Waals surface area contributed by atoms with Crippen molar-refractivity contribution < 1.29 is 9.59 Å². The number of hydrogen-bond donors (Lipinski definition) is 1. The fourth-order valence-electron chi connectivity index (χ4n) is 2.38. The normalized spacial score (nSPS) is 18.3. The molecule has 110 valence electrons. The fourth-order valence-corrected chi connectivity index (χ4v) is 2.58. The van der Waals surface area contributed by atoms with Crippen molar-refractivity contribution in [1.82, 2.24) is 10.2 Å². The molecule has 2 rings (SSSR count). The maximum Gasteiger partial charge on any atom is 0.255 e. The van der Waals surface area contributed by atoms with Crippen molar-refractivity contribution >= 4 is 23.4 Å². The summed E-state index contributed by atoms with van der Waals surface area (Å²) in [4.78, 5) is 26.0. The Morgan fingerprint density at radius 1 is 1.48 bits per heavy atom. The first-order valence-electron chi connectivity index (χ1n) is 6.79. The highest BCUT2D eigenvalue weighted by atomic mass is 35.5. The zero-order valence-corrected chi connectivity index (χ0v) is 12.5. The molecule has 1 saturated heterocycles. The van der Waals surface area contributed by atoms with E-state index in [0.717, 1.165) is 12.8 Å². The third-order valence-corrected chi connectivity index (χ3v) is 3.95. The fraction of sp³-hybridized carbons (Fsp3) is 0.400. The number of carbonyl (C=O) groups is 2. The van der Waals surface area contributed by atoms with Gasteiger partial charge in [0.1, 0.15) is 6.04 Å². The molecular formula is C15H16ClN3O2. The van der Waals surface area contributed by atoms with E-state index >= 15 is 0 Å². The first kappa shape index (κ1) is 15.3. The van der Waals surface area contributed by atoms with Crippen molar-refractivity contribution in [3.8, 4) is 6.07 Å². The first-order valence-corrected chi connectivity index (χ1v) is 7.17. The second kappa shape index (κ2) is 6.59. The molecule has 0 radical (unpaired) electrons. The third-order valence-electron chi connectivity index (χ3n) is 3.62. The minimum absolute atomic E-state index is 0.143. The van der Waals surface area contributed by atoms with Crippen LogP contribution in [0.15, 0.2) is 18.2 Å². The highest BCUT2D eigenvalue weighted by Crippen LogP contribution is 2.21. The largest absolute Gasteiger partial charge is 0.354 e. The number of likely N-dealkylation sites (N-methyl/N-ethyl adjacent to an activating group) is 1. The topological polar surface area (TPSA) is 73.2 Å². The van der Waals surface area contributed by atoms with Gasteiger partial charge in [-0.2, -0.15) is 5.26 Å². The molecule has 21 heavy (non-hydrogen) atoms. The average molecular weight is 306 g/mol. The highest BCUT2D eigenvalue weighted by Gasteiger charge is 2.29. The smallest absolute Gasteiger partial charge is 0.255 e. The molecule has 0 aromatic heterocycles. The summed E-state index contributed by atoms with van der Waals surface area (Å²) in [6.45, 7) is 0.641. The van der Waals surface area contributed by atoms with E-state index in [1.807, 2.05) is 6.07 Å². The SMILES string of the molecule is CN(C(=O)c1cc(C#N)ccc1Cl)C1CCCCNC1=O. The molecule has 6 heteroatoms. The van der Waals surface area contributed by atoms with E-state index < -0.39 is 6.04 Å². The van der Waals surface area contributed by atoms with Gasteiger partial charge in [-0.15, -0.1) is 0 Å². The molecule has 1 heterocycles. The number of benzene rings is 1. The van der Waals surface area contributed by atoms with Crippen LogP contribution in [0.2, 0.25) is 5.02 Å². The molecule has 1 unspecified atom stereocenters. The van der Waals surface area contributed by atoms with Crippen molar-refractivity contribution in [2.75, 3.05) is 13.6 Å². The Bertz CT molecular complexity index is 609. The second-order valence-corrected chi connectivity index (χ2v) is 5.43. The monoisotopic (exact) mass is 305 g/mol. The zero-order valence-electron chi connectivity index (χ0n) is 11.7. The van der Waals surface area contributed by atoms with Gasteiger partial charge in [0.15, 0.2) is 0 Å². The highest BCUT2D eigenvalue weighted by molar-refractivity contribution is 6.33. The summed E-state index contributed by atoms with van der Waals surface area (Å²) >= 11 is 6.04. The zero-order chi connectivity index (χ0) is 15.4. The Morgan fingerprint density at radius 3 is 2.95 bits per heavy atom. The molecule has 0 bridgehead atoms. The molecule has 1 aromatic rings. The summed E-state index contributed by atoms with van der Waals surface area (Å²) in [6.07, 6.45) is 2.42. The number of nitrogens with zero attached hydrogens (tertiary/aromatic N) is 2. The summed E-state index contributed by atoms with van der Waals surface area (Å²) in [7, 11) is 1.59. The molecule has 0 saturated carbocycles. The minimum atomic E-state index is -0.498. The lowest BCUT2D eigenvalue weighted by atomic mass is 10.1. The number of hydrogen-bond acceptors (Lipinski definition) is 3. The minimum Gasteiger partial charge on any atom is -0.354 e. The average Bonchev–Trinajstić information content (AvgIpc) is 2.71. The van der Waals surface area contributed by atoms with Crippen LogP contribution in [-0.4, -0.2) is 36.3 Å². The maximum absolute atomic E-state index is 12.5. The first-order chi connectivity index (χ1) is 10.0. The van der Waals surface area contributed by atoms with Crippen LogP contribution in [0, 0.1) is 11.3 Å². The van der Waals surface area contributed by atoms with Gasteiger partial charge in [-0.25, -0.2) is 0 Å². The van der Waals surface area contributed by atoms with Gasteiger partial charge in [0, 0.05) is 13.6 Å². The molecule has 5 nitrogen and oxygen atoms in total. The van der Waals surface area contributed by atoms with E-state index in [1.165, 1.54) is 17.0 Å². The summed E-state index contributed by atoms with van der Waals surface area (Å²) < 4.78 is 0. The molecule has 1 aliphatic rings. The van der Waals surface area contributed by atoms with Crippen LogP contribution in [0.25, 0.3) is 0 Å². The lowest BCUT2D eigenvalue weighted by molar-refractivity contribution is -0.125. The Morgan fingerprint density at radius 2 is 2.24 bits per heavy atom. The van der Waals surface area contributed by atoms with Crippen LogP contribution in [0.5, 0.6) is 0 Å². The van der Waals surface area contributed by atoms with Gasteiger partial charge in [-0.1, -0.05) is 11.6 Å². The number of nitrogens with one attached hydrogen (secondary N) is 1. The van der Waals surface area contributed by atoms with Gasteiger partial charge in [0.05, 0.1) is 22.2 Å². The summed E-state index contributed by atoms with van der Waals surface area (Å²) in [5.74, 6) is -0.491. The Kier molecular flexibility index (Phi) is 4.81. The van der Waals surface area contributed by atoms with Gasteiger partial charge < -0.3 is 10.2 Å². The summed E-state index contributed by atoms with van der Waals surface area (Å²) in [6, 6.07) is 6.01. The molecule has 1 aromatic carbocycles. The molecule has 1 atom stereocenters. The molecule has 1 aliphatic heterocycles. The lowest BCUT2D eigenvalue weighted by Crippen LogP contribution is -2.46. The predicted molar refractivity (Wildman–Crippen MR) is 78.9 cm³/mol.